The maximum absolute atomic E-state index is 11.5. The van der Waals surface area contributed by atoms with Crippen molar-refractivity contribution >= 4 is 0 Å². The van der Waals surface area contributed by atoms with Crippen LogP contribution in [-0.4, -0.2) is 466 Å². The van der Waals surface area contributed by atoms with Crippen LogP contribution in [0.3, 0.4) is 0 Å². The molecule has 11 fully saturated rings. The van der Waals surface area contributed by atoms with Crippen LogP contribution in [0.15, 0.2) is 0 Å². The minimum atomic E-state index is -2.06. The van der Waals surface area contributed by atoms with Crippen LogP contribution in [0.1, 0.15) is 0 Å². The summed E-state index contributed by atoms with van der Waals surface area (Å²) in [4.78, 5) is 0. The van der Waals surface area contributed by atoms with Crippen molar-refractivity contribution in [1.29, 1.82) is 0 Å². The lowest BCUT2D eigenvalue weighted by Gasteiger charge is -2.47. The SMILES string of the molecule is OC[C@@H]1O[C@@H](OC2[C@H](O[C@@H]3CO[C@H](O[C@@H]4CO[C@H](O[C@@H]5CO[C@H](O[C@@H]6CO[C@H](O[C@@H]7CO[C@H](O[C@@H]8CO[C@@H](O[C@@H]9CO[C@@H](O)C(O)[C@H]9O)C(O)[C@H]8O)C(O)[C@H]7O)C(O)[C@H]6O)C(O)[C@H]5O)C(O)[C@H]4O)C(O)[C@H]3O)OC[C@@H](O[C@@H]3OC[C@@H](O)[C@H](O)C3O)[C@@H]2O[C@@H]2O[C@@H](CO)[C@@H](O)C2O)C(O)[C@@H]1O. The van der Waals surface area contributed by atoms with Gasteiger partial charge in [0.2, 0.25) is 0 Å². The van der Waals surface area contributed by atoms with E-state index in [9.17, 15) is 123 Å². The molecule has 11 saturated heterocycles. The summed E-state index contributed by atoms with van der Waals surface area (Å²) in [5.74, 6) is 0. The summed E-state index contributed by atoms with van der Waals surface area (Å²) in [5.41, 5.74) is 0. The minimum absolute atomic E-state index is 0.407. The Morgan fingerprint density at radius 3 is 0.740 bits per heavy atom. The van der Waals surface area contributed by atoms with Gasteiger partial charge in [-0.05, 0) is 0 Å². The van der Waals surface area contributed by atoms with Crippen molar-refractivity contribution in [1.82, 2.24) is 0 Å². The van der Waals surface area contributed by atoms with Crippen molar-refractivity contribution in [2.75, 3.05) is 72.7 Å². The Bertz CT molecular complexity index is 2510. The predicted octanol–water partition coefficient (Wildman–Crippen LogP) is -17.9. The van der Waals surface area contributed by atoms with E-state index in [-0.39, 0.29) is 0 Å². The molecule has 0 saturated carbocycles. The summed E-state index contributed by atoms with van der Waals surface area (Å²) in [6, 6.07) is 0. The number of ether oxygens (including phenoxy) is 21. The molecule has 11 rings (SSSR count). The highest BCUT2D eigenvalue weighted by atomic mass is 16.8. The van der Waals surface area contributed by atoms with E-state index in [1.54, 1.807) is 0 Å². The van der Waals surface area contributed by atoms with Crippen LogP contribution in [0.2, 0.25) is 0 Å². The average molecular weight is 1470 g/mol. The molecule has 44 atom stereocenters. The highest BCUT2D eigenvalue weighted by molar-refractivity contribution is 4.99. The van der Waals surface area contributed by atoms with Crippen LogP contribution >= 0.6 is 0 Å². The first-order valence-corrected chi connectivity index (χ1v) is 32.2. The van der Waals surface area contributed by atoms with Gasteiger partial charge in [0.05, 0.1) is 72.7 Å². The van der Waals surface area contributed by atoms with Crippen LogP contribution < -0.4 is 0 Å². The molecule has 0 spiro atoms. The first-order chi connectivity index (χ1) is 47.6. The van der Waals surface area contributed by atoms with Crippen LogP contribution in [0.4, 0.5) is 0 Å². The third-order valence-electron chi connectivity index (χ3n) is 18.9. The van der Waals surface area contributed by atoms with E-state index in [2.05, 4.69) is 0 Å². The minimum Gasteiger partial charge on any atom is -0.394 e. The van der Waals surface area contributed by atoms with Gasteiger partial charge in [-0.2, -0.15) is 0 Å². The normalized spacial score (nSPS) is 54.5. The first kappa shape index (κ1) is 79.2. The zero-order valence-electron chi connectivity index (χ0n) is 52.5. The lowest BCUT2D eigenvalue weighted by atomic mass is 10.0. The Kier molecular flexibility index (Phi) is 27.1. The summed E-state index contributed by atoms with van der Waals surface area (Å²) in [6.45, 7) is -6.75. The van der Waals surface area contributed by atoms with Gasteiger partial charge >= 0.3 is 0 Å². The van der Waals surface area contributed by atoms with E-state index in [1.165, 1.54) is 0 Å². The third kappa shape index (κ3) is 16.9. The fourth-order valence-corrected chi connectivity index (χ4v) is 12.8. The molecule has 11 aliphatic rings. The van der Waals surface area contributed by atoms with Crippen LogP contribution in [0.25, 0.3) is 0 Å². The smallest absolute Gasteiger partial charge is 0.187 e. The molecule has 0 aromatic carbocycles. The molecule has 100 heavy (non-hydrogen) atoms. The molecule has 0 aliphatic carbocycles. The maximum Gasteiger partial charge on any atom is 0.187 e. The van der Waals surface area contributed by atoms with E-state index in [0.717, 1.165) is 0 Å². The molecule has 0 aromatic rings. The molecule has 11 unspecified atom stereocenters. The largest absolute Gasteiger partial charge is 0.394 e. The van der Waals surface area contributed by atoms with E-state index >= 15 is 0 Å². The molecule has 24 N–H and O–H groups in total. The summed E-state index contributed by atoms with van der Waals surface area (Å²) in [6.07, 6.45) is -76.4. The molecule has 0 bridgehead atoms. The standard InChI is InChI=1S/C55H90O45/c56-1-13-24(60)41(77)53(89-13)99-43-22(98-46-34(70)23(59)12(58)3-81-46)11-88-55(44(43)100-54-42(78)25(61)14(2-57)90-54)97-21-10-87-52(40(76)32(21)68)96-20-9-86-51(39(75)31(20)67)95-19-8-85-50(38(74)30(19)66)94-18-7-84-49(37(73)29(18)65)93-17-6-83-48(36(72)28(17)64)92-16-5-82-47(35(71)27(16)63)91-15-4-80-45(79)33(69)26(15)62/h12-79H,1-11H2/t12-,13+,14+,15-,16-,17-,18-,19-,20-,21-,22-,23+,24-,25-,26+,27+,28+,29+,30+,31+,32+,33?,34?,35?,36?,37?,38?,39?,40?,41?,42?,43+,44?,45-,46+,47+,48-,49-,50-,51-,52-,53+,54+,55+/m1/s1. The summed E-state index contributed by atoms with van der Waals surface area (Å²) >= 11 is 0. The third-order valence-corrected chi connectivity index (χ3v) is 18.9. The fraction of sp³-hybridized carbons (Fsp3) is 1.00. The molecule has 0 amide bonds. The molecule has 11 aliphatic heterocycles. The Morgan fingerprint density at radius 2 is 0.430 bits per heavy atom. The molecule has 0 radical (unpaired) electrons. The van der Waals surface area contributed by atoms with Gasteiger partial charge in [0.1, 0.15) is 201 Å². The fourth-order valence-electron chi connectivity index (χ4n) is 12.8. The van der Waals surface area contributed by atoms with Crippen molar-refractivity contribution in [3.05, 3.63) is 0 Å². The van der Waals surface area contributed by atoms with Gasteiger partial charge in [-0.25, -0.2) is 0 Å². The Morgan fingerprint density at radius 1 is 0.200 bits per heavy atom. The van der Waals surface area contributed by atoms with Crippen molar-refractivity contribution < 1.29 is 222 Å². The van der Waals surface area contributed by atoms with E-state index < -0.39 is 343 Å². The van der Waals surface area contributed by atoms with Crippen LogP contribution in [0, 0.1) is 0 Å². The summed E-state index contributed by atoms with van der Waals surface area (Å²) < 4.78 is 119. The van der Waals surface area contributed by atoms with E-state index in [1.807, 2.05) is 0 Å². The zero-order chi connectivity index (χ0) is 72.0. The first-order valence-electron chi connectivity index (χ1n) is 32.2. The van der Waals surface area contributed by atoms with Crippen molar-refractivity contribution in [2.45, 2.75) is 271 Å². The van der Waals surface area contributed by atoms with Gasteiger partial charge in [0, 0.05) is 0 Å². The lowest BCUT2D eigenvalue weighted by molar-refractivity contribution is -0.384. The van der Waals surface area contributed by atoms with Crippen molar-refractivity contribution in [3.63, 3.8) is 0 Å². The van der Waals surface area contributed by atoms with Gasteiger partial charge in [0.25, 0.3) is 0 Å². The molecule has 45 heteroatoms. The van der Waals surface area contributed by atoms with Gasteiger partial charge in [0.15, 0.2) is 69.2 Å². The summed E-state index contributed by atoms with van der Waals surface area (Å²) in [7, 11) is 0. The van der Waals surface area contributed by atoms with E-state index in [4.69, 9.17) is 99.5 Å². The maximum atomic E-state index is 11.5. The van der Waals surface area contributed by atoms with Crippen LogP contribution in [-0.2, 0) is 99.5 Å². The average Bonchev–Trinajstić information content (AvgIpc) is 0.929. The van der Waals surface area contributed by atoms with Gasteiger partial charge in [-0.3, -0.25) is 0 Å². The van der Waals surface area contributed by atoms with Crippen molar-refractivity contribution in [2.24, 2.45) is 0 Å². The highest BCUT2D eigenvalue weighted by Crippen LogP contribution is 2.38. The Balaban J connectivity index is 0.635. The number of hydrogen-bond donors (Lipinski definition) is 24. The quantitative estimate of drug-likeness (QED) is 0.0479. The Labute approximate surface area is 564 Å². The molecular weight excluding hydrogens is 1380 g/mol. The second kappa shape index (κ2) is 34.2. The second-order valence-electron chi connectivity index (χ2n) is 25.8. The lowest BCUT2D eigenvalue weighted by Crippen LogP contribution is -2.64. The van der Waals surface area contributed by atoms with E-state index in [0.29, 0.717) is 0 Å². The summed E-state index contributed by atoms with van der Waals surface area (Å²) in [5, 5.41) is 257. The monoisotopic (exact) mass is 1470 g/mol. The topological polar surface area (TPSA) is 679 Å². The highest BCUT2D eigenvalue weighted by Gasteiger charge is 2.58. The molecule has 45 nitrogen and oxygen atoms in total. The molecular formula is C55H90O45. The Hall–Kier alpha value is -1.80. The van der Waals surface area contributed by atoms with Crippen LogP contribution in [0.5, 0.6) is 0 Å². The second-order valence-corrected chi connectivity index (χ2v) is 25.8. The van der Waals surface area contributed by atoms with Gasteiger partial charge < -0.3 is 222 Å². The van der Waals surface area contributed by atoms with Crippen molar-refractivity contribution in [3.8, 4) is 0 Å². The molecule has 11 heterocycles. The number of aliphatic hydroxyl groups is 24. The zero-order valence-corrected chi connectivity index (χ0v) is 52.5. The molecule has 0 aromatic heterocycles. The number of hydrogen-bond acceptors (Lipinski definition) is 45. The number of aliphatic hydroxyl groups excluding tert-OH is 24. The number of rotatable bonds is 22. The predicted molar refractivity (Wildman–Crippen MR) is 296 cm³/mol. The van der Waals surface area contributed by atoms with Gasteiger partial charge in [-0.15, -0.1) is 0 Å². The molecule has 580 valence electrons. The van der Waals surface area contributed by atoms with Gasteiger partial charge in [-0.1, -0.05) is 0 Å².